The van der Waals surface area contributed by atoms with Gasteiger partial charge in [0.1, 0.15) is 0 Å². The molecular formula is C11H14BrNO. The molecule has 1 fully saturated rings. The minimum absolute atomic E-state index is 0.532. The Morgan fingerprint density at radius 2 is 2.14 bits per heavy atom. The van der Waals surface area contributed by atoms with Gasteiger partial charge in [-0.05, 0) is 41.4 Å². The summed E-state index contributed by atoms with van der Waals surface area (Å²) in [6.07, 6.45) is 0.842. The molecule has 1 aromatic carbocycles. The Labute approximate surface area is 92.7 Å². The highest BCUT2D eigenvalue weighted by atomic mass is 79.9. The summed E-state index contributed by atoms with van der Waals surface area (Å²) in [6, 6.07) is 8.13. The third-order valence-electron chi connectivity index (χ3n) is 2.64. The summed E-state index contributed by atoms with van der Waals surface area (Å²) in [5, 5.41) is 9.86. The maximum Gasteiger partial charge on any atom is 0.0810 e. The fourth-order valence-corrected chi connectivity index (χ4v) is 2.39. The molecule has 0 saturated carbocycles. The highest BCUT2D eigenvalue weighted by Gasteiger charge is 2.31. The highest BCUT2D eigenvalue weighted by molar-refractivity contribution is 9.10. The molecule has 1 aliphatic rings. The minimum atomic E-state index is -0.532. The first-order chi connectivity index (χ1) is 6.58. The molecule has 2 nitrogen and oxygen atoms in total. The molecule has 1 N–H and O–H groups in total. The Kier molecular flexibility index (Phi) is 2.54. The van der Waals surface area contributed by atoms with Gasteiger partial charge in [-0.2, -0.15) is 0 Å². The van der Waals surface area contributed by atoms with Crippen molar-refractivity contribution >= 4 is 21.6 Å². The normalized spacial score (nSPS) is 26.9. The van der Waals surface area contributed by atoms with E-state index in [9.17, 15) is 5.11 Å². The smallest absolute Gasteiger partial charge is 0.0810 e. The van der Waals surface area contributed by atoms with Crippen molar-refractivity contribution < 1.29 is 5.11 Å². The van der Waals surface area contributed by atoms with Gasteiger partial charge in [0.2, 0.25) is 0 Å². The zero-order chi connectivity index (χ0) is 10.2. The summed E-state index contributed by atoms with van der Waals surface area (Å²) >= 11 is 3.52. The molecule has 0 amide bonds. The van der Waals surface area contributed by atoms with Crippen LogP contribution < -0.4 is 4.90 Å². The van der Waals surface area contributed by atoms with E-state index >= 15 is 0 Å². The number of para-hydroxylation sites is 1. The van der Waals surface area contributed by atoms with Crippen molar-refractivity contribution in [2.45, 2.75) is 18.9 Å². The minimum Gasteiger partial charge on any atom is -0.388 e. The fourth-order valence-electron chi connectivity index (χ4n) is 1.86. The van der Waals surface area contributed by atoms with Crippen LogP contribution in [0, 0.1) is 0 Å². The Hall–Kier alpha value is -0.540. The quantitative estimate of drug-likeness (QED) is 0.834. The van der Waals surface area contributed by atoms with Gasteiger partial charge in [0.05, 0.1) is 11.3 Å². The first kappa shape index (κ1) is 9.99. The van der Waals surface area contributed by atoms with Crippen LogP contribution >= 0.6 is 15.9 Å². The molecule has 0 aromatic heterocycles. The average molecular weight is 256 g/mol. The van der Waals surface area contributed by atoms with Gasteiger partial charge in [0, 0.05) is 17.6 Å². The zero-order valence-electron chi connectivity index (χ0n) is 8.20. The number of hydrogen-bond donors (Lipinski definition) is 1. The van der Waals surface area contributed by atoms with Gasteiger partial charge in [0.25, 0.3) is 0 Å². The largest absolute Gasteiger partial charge is 0.388 e. The van der Waals surface area contributed by atoms with E-state index in [-0.39, 0.29) is 0 Å². The van der Waals surface area contributed by atoms with Gasteiger partial charge in [-0.15, -0.1) is 0 Å². The monoisotopic (exact) mass is 255 g/mol. The maximum atomic E-state index is 9.86. The van der Waals surface area contributed by atoms with Crippen LogP contribution in [0.3, 0.4) is 0 Å². The van der Waals surface area contributed by atoms with Gasteiger partial charge >= 0.3 is 0 Å². The number of β-amino-alcohol motifs (C(OH)–C–C–N with tert-alkyl or cyclic N) is 1. The first-order valence-corrected chi connectivity index (χ1v) is 5.60. The molecule has 0 aliphatic carbocycles. The summed E-state index contributed by atoms with van der Waals surface area (Å²) < 4.78 is 1.10. The second-order valence-corrected chi connectivity index (χ2v) is 4.97. The predicted molar refractivity (Wildman–Crippen MR) is 61.6 cm³/mol. The van der Waals surface area contributed by atoms with E-state index in [1.165, 1.54) is 5.69 Å². The van der Waals surface area contributed by atoms with Gasteiger partial charge in [-0.25, -0.2) is 0 Å². The maximum absolute atomic E-state index is 9.86. The van der Waals surface area contributed by atoms with E-state index < -0.39 is 5.60 Å². The summed E-state index contributed by atoms with van der Waals surface area (Å²) in [6.45, 7) is 3.54. The zero-order valence-corrected chi connectivity index (χ0v) is 9.79. The van der Waals surface area contributed by atoms with Crippen LogP contribution in [0.2, 0.25) is 0 Å². The van der Waals surface area contributed by atoms with Crippen molar-refractivity contribution in [3.63, 3.8) is 0 Å². The van der Waals surface area contributed by atoms with Crippen LogP contribution in [0.1, 0.15) is 13.3 Å². The molecule has 76 valence electrons. The number of aliphatic hydroxyl groups is 1. The molecule has 1 heterocycles. The Morgan fingerprint density at radius 1 is 1.43 bits per heavy atom. The summed E-state index contributed by atoms with van der Waals surface area (Å²) in [5.41, 5.74) is 0.639. The van der Waals surface area contributed by atoms with Crippen molar-refractivity contribution in [1.29, 1.82) is 0 Å². The topological polar surface area (TPSA) is 23.5 Å². The van der Waals surface area contributed by atoms with Crippen LogP contribution in [0.15, 0.2) is 28.7 Å². The van der Waals surface area contributed by atoms with E-state index in [1.807, 2.05) is 25.1 Å². The van der Waals surface area contributed by atoms with Crippen LogP contribution in [0.4, 0.5) is 5.69 Å². The fraction of sp³-hybridized carbons (Fsp3) is 0.455. The van der Waals surface area contributed by atoms with E-state index in [0.717, 1.165) is 24.0 Å². The van der Waals surface area contributed by atoms with E-state index in [4.69, 9.17) is 0 Å². The van der Waals surface area contributed by atoms with Crippen molar-refractivity contribution in [3.05, 3.63) is 28.7 Å². The molecule has 14 heavy (non-hydrogen) atoms. The number of anilines is 1. The molecule has 1 saturated heterocycles. The van der Waals surface area contributed by atoms with Crippen molar-refractivity contribution in [3.8, 4) is 0 Å². The standard InChI is InChI=1S/C11H14BrNO/c1-11(14)6-7-13(8-11)10-5-3-2-4-9(10)12/h2-5,14H,6-8H2,1H3. The number of hydrogen-bond acceptors (Lipinski definition) is 2. The third kappa shape index (κ3) is 1.93. The Morgan fingerprint density at radius 3 is 2.71 bits per heavy atom. The molecule has 1 aliphatic heterocycles. The molecule has 3 heteroatoms. The van der Waals surface area contributed by atoms with Crippen LogP contribution in [0.5, 0.6) is 0 Å². The number of rotatable bonds is 1. The average Bonchev–Trinajstić information content (AvgIpc) is 2.47. The Balaban J connectivity index is 2.22. The van der Waals surface area contributed by atoms with Crippen LogP contribution in [-0.2, 0) is 0 Å². The summed E-state index contributed by atoms with van der Waals surface area (Å²) in [5.74, 6) is 0. The lowest BCUT2D eigenvalue weighted by Gasteiger charge is -2.21. The lowest BCUT2D eigenvalue weighted by atomic mass is 10.1. The Bertz CT molecular complexity index is 338. The van der Waals surface area contributed by atoms with Gasteiger partial charge in [-0.3, -0.25) is 0 Å². The van der Waals surface area contributed by atoms with E-state index in [1.54, 1.807) is 0 Å². The molecule has 0 radical (unpaired) electrons. The van der Waals surface area contributed by atoms with Crippen molar-refractivity contribution in [1.82, 2.24) is 0 Å². The lowest BCUT2D eigenvalue weighted by molar-refractivity contribution is 0.0839. The van der Waals surface area contributed by atoms with Crippen molar-refractivity contribution in [2.24, 2.45) is 0 Å². The molecule has 1 atom stereocenters. The molecular weight excluding hydrogens is 242 g/mol. The third-order valence-corrected chi connectivity index (χ3v) is 3.32. The van der Waals surface area contributed by atoms with Gasteiger partial charge in [-0.1, -0.05) is 12.1 Å². The number of halogens is 1. The number of benzene rings is 1. The second kappa shape index (κ2) is 3.55. The molecule has 1 aromatic rings. The van der Waals surface area contributed by atoms with Crippen molar-refractivity contribution in [2.75, 3.05) is 18.0 Å². The summed E-state index contributed by atoms with van der Waals surface area (Å²) in [4.78, 5) is 2.21. The van der Waals surface area contributed by atoms with E-state index in [2.05, 4.69) is 26.9 Å². The lowest BCUT2D eigenvalue weighted by Crippen LogP contribution is -2.29. The van der Waals surface area contributed by atoms with Gasteiger partial charge < -0.3 is 10.0 Å². The molecule has 1 unspecified atom stereocenters. The molecule has 0 bridgehead atoms. The predicted octanol–water partition coefficient (Wildman–Crippen LogP) is 2.41. The number of nitrogens with zero attached hydrogens (tertiary/aromatic N) is 1. The van der Waals surface area contributed by atoms with Crippen LogP contribution in [-0.4, -0.2) is 23.8 Å². The van der Waals surface area contributed by atoms with Gasteiger partial charge in [0.15, 0.2) is 0 Å². The summed E-state index contributed by atoms with van der Waals surface area (Å²) in [7, 11) is 0. The van der Waals surface area contributed by atoms with E-state index in [0.29, 0.717) is 0 Å². The molecule has 0 spiro atoms. The second-order valence-electron chi connectivity index (χ2n) is 4.12. The first-order valence-electron chi connectivity index (χ1n) is 4.80. The SMILES string of the molecule is CC1(O)CCN(c2ccccc2Br)C1. The van der Waals surface area contributed by atoms with Crippen LogP contribution in [0.25, 0.3) is 0 Å². The highest BCUT2D eigenvalue weighted by Crippen LogP contribution is 2.31. The molecule has 2 rings (SSSR count).